The second-order valence-electron chi connectivity index (χ2n) is 8.61. The number of unbranched alkanes of at least 4 members (excludes halogenated alkanes) is 13. The maximum Gasteiger partial charge on any atom is 0.322 e. The SMILES string of the molecule is CCCCCCCCCCCCCCCCS(=O)(=O)N[C@@H](Cc1ccccc1)C(=O)O. The van der Waals surface area contributed by atoms with E-state index in [9.17, 15) is 18.3 Å². The van der Waals surface area contributed by atoms with Crippen LogP contribution in [0.3, 0.4) is 0 Å². The fraction of sp³-hybridized carbons (Fsp3) is 0.720. The summed E-state index contributed by atoms with van der Waals surface area (Å²) in [7, 11) is -3.59. The minimum atomic E-state index is -3.59. The molecule has 0 amide bonds. The molecule has 0 radical (unpaired) electrons. The van der Waals surface area contributed by atoms with Crippen molar-refractivity contribution >= 4 is 16.0 Å². The molecule has 0 saturated heterocycles. The van der Waals surface area contributed by atoms with E-state index in [1.807, 2.05) is 18.2 Å². The van der Waals surface area contributed by atoms with Gasteiger partial charge < -0.3 is 5.11 Å². The first-order chi connectivity index (χ1) is 14.9. The monoisotopic (exact) mass is 453 g/mol. The molecule has 178 valence electrons. The van der Waals surface area contributed by atoms with Crippen LogP contribution in [-0.2, 0) is 21.2 Å². The van der Waals surface area contributed by atoms with Crippen molar-refractivity contribution in [3.05, 3.63) is 35.9 Å². The van der Waals surface area contributed by atoms with E-state index >= 15 is 0 Å². The zero-order valence-corrected chi connectivity index (χ0v) is 20.2. The Bertz CT molecular complexity index is 676. The van der Waals surface area contributed by atoms with E-state index < -0.39 is 22.0 Å². The van der Waals surface area contributed by atoms with Gasteiger partial charge in [0.05, 0.1) is 5.75 Å². The van der Waals surface area contributed by atoms with E-state index in [4.69, 9.17) is 0 Å². The van der Waals surface area contributed by atoms with Crippen molar-refractivity contribution in [2.75, 3.05) is 5.75 Å². The summed E-state index contributed by atoms with van der Waals surface area (Å²) in [4.78, 5) is 11.5. The number of sulfonamides is 1. The number of hydrogen-bond donors (Lipinski definition) is 2. The Morgan fingerprint density at radius 3 is 1.71 bits per heavy atom. The molecule has 0 aliphatic carbocycles. The summed E-state index contributed by atoms with van der Waals surface area (Å²) >= 11 is 0. The van der Waals surface area contributed by atoms with Crippen LogP contribution in [0.2, 0.25) is 0 Å². The highest BCUT2D eigenvalue weighted by Gasteiger charge is 2.23. The standard InChI is InChI=1S/C25H43NO4S/c1-2-3-4-5-6-7-8-9-10-11-12-13-14-18-21-31(29,30)26-24(25(27)28)22-23-19-16-15-17-20-23/h15-17,19-20,24,26H,2-14,18,21-22H2,1H3,(H,27,28)/t24-/m0/s1. The van der Waals surface area contributed by atoms with Crippen LogP contribution < -0.4 is 4.72 Å². The third-order valence-corrected chi connectivity index (χ3v) is 7.14. The zero-order chi connectivity index (χ0) is 22.8. The third-order valence-electron chi connectivity index (χ3n) is 5.67. The number of carbonyl (C=O) groups is 1. The predicted octanol–water partition coefficient (Wildman–Crippen LogP) is 6.08. The topological polar surface area (TPSA) is 83.5 Å². The number of carboxylic acid groups (broad SMARTS) is 1. The Hall–Kier alpha value is -1.40. The lowest BCUT2D eigenvalue weighted by molar-refractivity contribution is -0.138. The highest BCUT2D eigenvalue weighted by atomic mass is 32.2. The maximum absolute atomic E-state index is 12.3. The number of aliphatic carboxylic acids is 1. The summed E-state index contributed by atoms with van der Waals surface area (Å²) in [6, 6.07) is 7.96. The smallest absolute Gasteiger partial charge is 0.322 e. The second kappa shape index (κ2) is 17.2. The van der Waals surface area contributed by atoms with Gasteiger partial charge in [-0.2, -0.15) is 0 Å². The molecule has 0 fully saturated rings. The highest BCUT2D eigenvalue weighted by molar-refractivity contribution is 7.89. The van der Waals surface area contributed by atoms with Crippen molar-refractivity contribution in [2.24, 2.45) is 0 Å². The van der Waals surface area contributed by atoms with Gasteiger partial charge in [0.1, 0.15) is 6.04 Å². The molecule has 1 aromatic rings. The quantitative estimate of drug-likeness (QED) is 0.234. The number of carboxylic acids is 1. The van der Waals surface area contributed by atoms with Gasteiger partial charge in [-0.15, -0.1) is 0 Å². The minimum Gasteiger partial charge on any atom is -0.480 e. The fourth-order valence-electron chi connectivity index (χ4n) is 3.79. The summed E-state index contributed by atoms with van der Waals surface area (Å²) in [6.07, 6.45) is 17.1. The van der Waals surface area contributed by atoms with Crippen LogP contribution in [0.4, 0.5) is 0 Å². The van der Waals surface area contributed by atoms with E-state index in [2.05, 4.69) is 11.6 Å². The molecule has 2 N–H and O–H groups in total. The first-order valence-electron chi connectivity index (χ1n) is 12.2. The number of benzene rings is 1. The van der Waals surface area contributed by atoms with Crippen LogP contribution >= 0.6 is 0 Å². The first kappa shape index (κ1) is 27.6. The second-order valence-corrected chi connectivity index (χ2v) is 10.5. The van der Waals surface area contributed by atoms with Gasteiger partial charge in [0, 0.05) is 0 Å². The summed E-state index contributed by atoms with van der Waals surface area (Å²) in [6.45, 7) is 2.25. The Labute approximate surface area is 190 Å². The van der Waals surface area contributed by atoms with Crippen molar-refractivity contribution in [3.8, 4) is 0 Å². The average Bonchev–Trinajstić information content (AvgIpc) is 2.74. The maximum atomic E-state index is 12.3. The summed E-state index contributed by atoms with van der Waals surface area (Å²) in [5.41, 5.74) is 0.800. The molecule has 0 aromatic heterocycles. The van der Waals surface area contributed by atoms with Crippen LogP contribution in [0.5, 0.6) is 0 Å². The molecule has 0 spiro atoms. The van der Waals surface area contributed by atoms with Gasteiger partial charge in [0.15, 0.2) is 0 Å². The molecule has 0 aliphatic heterocycles. The van der Waals surface area contributed by atoms with Crippen LogP contribution in [0, 0.1) is 0 Å². The van der Waals surface area contributed by atoms with Gasteiger partial charge in [-0.1, -0.05) is 121 Å². The van der Waals surface area contributed by atoms with E-state index in [1.165, 1.54) is 64.2 Å². The van der Waals surface area contributed by atoms with Gasteiger partial charge in [0.2, 0.25) is 10.0 Å². The summed E-state index contributed by atoms with van der Waals surface area (Å²) in [5.74, 6) is -1.16. The van der Waals surface area contributed by atoms with Gasteiger partial charge in [-0.05, 0) is 18.4 Å². The Balaban J connectivity index is 2.08. The van der Waals surface area contributed by atoms with Crippen LogP contribution in [-0.4, -0.2) is 31.3 Å². The lowest BCUT2D eigenvalue weighted by Crippen LogP contribution is -2.43. The van der Waals surface area contributed by atoms with Crippen molar-refractivity contribution in [3.63, 3.8) is 0 Å². The van der Waals surface area contributed by atoms with Crippen LogP contribution in [0.25, 0.3) is 0 Å². The molecule has 1 rings (SSSR count). The largest absolute Gasteiger partial charge is 0.480 e. The Kier molecular flexibility index (Phi) is 15.3. The average molecular weight is 454 g/mol. The number of hydrogen-bond acceptors (Lipinski definition) is 3. The van der Waals surface area contributed by atoms with E-state index in [1.54, 1.807) is 12.1 Å². The molecule has 6 heteroatoms. The van der Waals surface area contributed by atoms with Gasteiger partial charge >= 0.3 is 5.97 Å². The zero-order valence-electron chi connectivity index (χ0n) is 19.4. The van der Waals surface area contributed by atoms with Crippen molar-refractivity contribution in [2.45, 2.75) is 109 Å². The third kappa shape index (κ3) is 15.1. The predicted molar refractivity (Wildman–Crippen MR) is 129 cm³/mol. The van der Waals surface area contributed by atoms with Crippen molar-refractivity contribution < 1.29 is 18.3 Å². The van der Waals surface area contributed by atoms with Gasteiger partial charge in [-0.3, -0.25) is 4.79 Å². The summed E-state index contributed by atoms with van der Waals surface area (Å²) < 4.78 is 26.9. The first-order valence-corrected chi connectivity index (χ1v) is 13.9. The molecular weight excluding hydrogens is 410 g/mol. The normalized spacial score (nSPS) is 12.7. The molecule has 1 atom stereocenters. The van der Waals surface area contributed by atoms with Gasteiger partial charge in [0.25, 0.3) is 0 Å². The molecule has 0 unspecified atom stereocenters. The van der Waals surface area contributed by atoms with Crippen molar-refractivity contribution in [1.29, 1.82) is 0 Å². The molecule has 0 saturated carbocycles. The highest BCUT2D eigenvalue weighted by Crippen LogP contribution is 2.13. The molecule has 0 heterocycles. The summed E-state index contributed by atoms with van der Waals surface area (Å²) in [5, 5.41) is 9.37. The lowest BCUT2D eigenvalue weighted by Gasteiger charge is -2.15. The number of nitrogens with one attached hydrogen (secondary N) is 1. The molecule has 0 aliphatic rings. The minimum absolute atomic E-state index is 0.0103. The van der Waals surface area contributed by atoms with E-state index in [0.29, 0.717) is 6.42 Å². The fourth-order valence-corrected chi connectivity index (χ4v) is 5.11. The lowest BCUT2D eigenvalue weighted by atomic mass is 10.0. The van der Waals surface area contributed by atoms with Crippen LogP contribution in [0.15, 0.2) is 30.3 Å². The van der Waals surface area contributed by atoms with Crippen LogP contribution in [0.1, 0.15) is 102 Å². The Morgan fingerprint density at radius 1 is 0.806 bits per heavy atom. The molecule has 5 nitrogen and oxygen atoms in total. The van der Waals surface area contributed by atoms with E-state index in [-0.39, 0.29) is 12.2 Å². The molecule has 1 aromatic carbocycles. The number of rotatable bonds is 20. The molecular formula is C25H43NO4S. The van der Waals surface area contributed by atoms with Crippen molar-refractivity contribution in [1.82, 2.24) is 4.72 Å². The van der Waals surface area contributed by atoms with Gasteiger partial charge in [-0.25, -0.2) is 13.1 Å². The Morgan fingerprint density at radius 2 is 1.26 bits per heavy atom. The van der Waals surface area contributed by atoms with E-state index in [0.717, 1.165) is 24.8 Å². The molecule has 31 heavy (non-hydrogen) atoms. The molecule has 0 bridgehead atoms.